The Hall–Kier alpha value is -3.21. The van der Waals surface area contributed by atoms with Crippen LogP contribution in [0.5, 0.6) is 11.5 Å². The van der Waals surface area contributed by atoms with Crippen LogP contribution in [-0.4, -0.2) is 23.7 Å². The molecule has 4 rings (SSSR count). The van der Waals surface area contributed by atoms with Gasteiger partial charge in [0.25, 0.3) is 0 Å². The van der Waals surface area contributed by atoms with Gasteiger partial charge in [0.15, 0.2) is 5.78 Å². The quantitative estimate of drug-likeness (QED) is 0.542. The minimum absolute atomic E-state index is 0.0938. The monoisotopic (exact) mass is 333 g/mol. The molecule has 0 N–H and O–H groups in total. The minimum atomic E-state index is -0.745. The molecule has 5 nitrogen and oxygen atoms in total. The van der Waals surface area contributed by atoms with Crippen LogP contribution in [0.4, 0.5) is 0 Å². The number of hydrogen-bond donors (Lipinski definition) is 0. The molecule has 0 saturated heterocycles. The van der Waals surface area contributed by atoms with E-state index in [1.165, 1.54) is 0 Å². The zero-order valence-electron chi connectivity index (χ0n) is 13.3. The topological polar surface area (TPSA) is 65.5 Å². The molecule has 0 spiro atoms. The maximum absolute atomic E-state index is 12.2. The van der Waals surface area contributed by atoms with Crippen LogP contribution < -0.4 is 9.47 Å². The molecule has 0 amide bonds. The molecular formula is C20H15NO4. The molecular weight excluding hydrogens is 318 g/mol. The summed E-state index contributed by atoms with van der Waals surface area (Å²) in [5.74, 6) is 0.0481. The molecule has 2 aromatic carbocycles. The first-order valence-electron chi connectivity index (χ1n) is 7.98. The Bertz CT molecular complexity index is 967. The lowest BCUT2D eigenvalue weighted by atomic mass is 9.96. The van der Waals surface area contributed by atoms with Gasteiger partial charge in [-0.05, 0) is 30.3 Å². The van der Waals surface area contributed by atoms with Crippen molar-refractivity contribution in [3.8, 4) is 11.5 Å². The van der Waals surface area contributed by atoms with E-state index in [-0.39, 0.29) is 19.0 Å². The second-order valence-corrected chi connectivity index (χ2v) is 5.86. The van der Waals surface area contributed by atoms with E-state index in [2.05, 4.69) is 4.98 Å². The normalized spacial score (nSPS) is 16.2. The molecule has 5 heteroatoms. The Morgan fingerprint density at radius 3 is 2.92 bits per heavy atom. The predicted octanol–water partition coefficient (Wildman–Crippen LogP) is 3.20. The number of carbonyl (C=O) groups excluding carboxylic acids is 2. The summed E-state index contributed by atoms with van der Waals surface area (Å²) in [6.07, 6.45) is 0.623. The molecule has 0 bridgehead atoms. The molecule has 124 valence electrons. The number of fused-ring (bicyclic) bond motifs is 2. The summed E-state index contributed by atoms with van der Waals surface area (Å²) in [6.45, 7) is 0.381. The highest BCUT2D eigenvalue weighted by Crippen LogP contribution is 2.30. The van der Waals surface area contributed by atoms with E-state index in [1.807, 2.05) is 36.4 Å². The van der Waals surface area contributed by atoms with Gasteiger partial charge in [-0.2, -0.15) is 0 Å². The van der Waals surface area contributed by atoms with Crippen LogP contribution in [0.3, 0.4) is 0 Å². The van der Waals surface area contributed by atoms with Crippen molar-refractivity contribution >= 4 is 23.0 Å². The number of pyridine rings is 1. The lowest BCUT2D eigenvalue weighted by molar-refractivity contribution is -0.110. The summed E-state index contributed by atoms with van der Waals surface area (Å²) in [7, 11) is 0. The lowest BCUT2D eigenvalue weighted by Gasteiger charge is -2.21. The van der Waals surface area contributed by atoms with Crippen LogP contribution in [0, 0.1) is 5.92 Å². The second kappa shape index (κ2) is 6.36. The van der Waals surface area contributed by atoms with Crippen molar-refractivity contribution in [1.29, 1.82) is 0 Å². The summed E-state index contributed by atoms with van der Waals surface area (Å²) in [5, 5.41) is 1.07. The van der Waals surface area contributed by atoms with Gasteiger partial charge in [0.05, 0.1) is 16.8 Å². The smallest absolute Gasteiger partial charge is 0.180 e. The summed E-state index contributed by atoms with van der Waals surface area (Å²) >= 11 is 0. The van der Waals surface area contributed by atoms with Gasteiger partial charge in [-0.1, -0.05) is 24.3 Å². The van der Waals surface area contributed by atoms with Crippen molar-refractivity contribution in [2.75, 3.05) is 6.61 Å². The Morgan fingerprint density at radius 2 is 2.04 bits per heavy atom. The first kappa shape index (κ1) is 15.3. The zero-order valence-corrected chi connectivity index (χ0v) is 13.3. The highest BCUT2D eigenvalue weighted by atomic mass is 16.5. The molecule has 2 heterocycles. The number of ether oxygens (including phenoxy) is 2. The Labute approximate surface area is 144 Å². The van der Waals surface area contributed by atoms with E-state index < -0.39 is 5.92 Å². The van der Waals surface area contributed by atoms with E-state index in [9.17, 15) is 9.59 Å². The van der Waals surface area contributed by atoms with Gasteiger partial charge in [-0.25, -0.2) is 4.98 Å². The van der Waals surface area contributed by atoms with Crippen LogP contribution in [0.15, 0.2) is 54.6 Å². The summed E-state index contributed by atoms with van der Waals surface area (Å²) in [4.78, 5) is 27.7. The number of aldehydes is 1. The molecule has 1 aromatic heterocycles. The number of ketones is 1. The number of benzene rings is 2. The molecule has 1 aliphatic heterocycles. The average Bonchev–Trinajstić information content (AvgIpc) is 2.67. The van der Waals surface area contributed by atoms with Gasteiger partial charge in [0.1, 0.15) is 36.9 Å². The molecule has 0 fully saturated rings. The lowest BCUT2D eigenvalue weighted by Crippen LogP contribution is -2.28. The van der Waals surface area contributed by atoms with E-state index in [0.29, 0.717) is 23.3 Å². The van der Waals surface area contributed by atoms with E-state index >= 15 is 0 Å². The Kier molecular flexibility index (Phi) is 3.90. The largest absolute Gasteiger partial charge is 0.492 e. The van der Waals surface area contributed by atoms with E-state index in [0.717, 1.165) is 16.6 Å². The molecule has 1 unspecified atom stereocenters. The number of rotatable bonds is 4. The SMILES string of the molecule is O=CC1COc2ccc(OCc3ccc4ccccc4n3)cc2C1=O. The highest BCUT2D eigenvalue weighted by molar-refractivity contribution is 6.08. The Morgan fingerprint density at radius 1 is 1.16 bits per heavy atom. The average molecular weight is 333 g/mol. The third-order valence-corrected chi connectivity index (χ3v) is 4.18. The van der Waals surface area contributed by atoms with Crippen molar-refractivity contribution in [1.82, 2.24) is 4.98 Å². The molecule has 1 atom stereocenters. The third-order valence-electron chi connectivity index (χ3n) is 4.18. The molecule has 25 heavy (non-hydrogen) atoms. The van der Waals surface area contributed by atoms with Crippen molar-refractivity contribution in [3.63, 3.8) is 0 Å². The van der Waals surface area contributed by atoms with Gasteiger partial charge in [-0.15, -0.1) is 0 Å². The standard InChI is InChI=1S/C20H15NO4/c22-10-14-11-25-19-8-7-16(9-17(19)20(14)23)24-12-15-6-5-13-3-1-2-4-18(13)21-15/h1-10,14H,11-12H2. The molecule has 1 aliphatic rings. The molecule has 0 aliphatic carbocycles. The van der Waals surface area contributed by atoms with Crippen LogP contribution in [0.25, 0.3) is 10.9 Å². The number of Topliss-reactive ketones (excluding diaryl/α,β-unsaturated/α-hetero) is 1. The van der Waals surface area contributed by atoms with E-state index in [4.69, 9.17) is 9.47 Å². The summed E-state index contributed by atoms with van der Waals surface area (Å²) in [6, 6.07) is 16.8. The fourth-order valence-corrected chi connectivity index (χ4v) is 2.82. The van der Waals surface area contributed by atoms with E-state index in [1.54, 1.807) is 18.2 Å². The van der Waals surface area contributed by atoms with Crippen LogP contribution in [-0.2, 0) is 11.4 Å². The highest BCUT2D eigenvalue weighted by Gasteiger charge is 2.28. The van der Waals surface area contributed by atoms with Crippen molar-refractivity contribution in [3.05, 3.63) is 65.9 Å². The minimum Gasteiger partial charge on any atom is -0.492 e. The van der Waals surface area contributed by atoms with Gasteiger partial charge in [0.2, 0.25) is 0 Å². The van der Waals surface area contributed by atoms with Gasteiger partial charge >= 0.3 is 0 Å². The van der Waals surface area contributed by atoms with Crippen LogP contribution in [0.1, 0.15) is 16.1 Å². The molecule has 0 radical (unpaired) electrons. The molecule has 3 aromatic rings. The van der Waals surface area contributed by atoms with Crippen LogP contribution in [0.2, 0.25) is 0 Å². The zero-order chi connectivity index (χ0) is 17.2. The summed E-state index contributed by atoms with van der Waals surface area (Å²) < 4.78 is 11.2. The second-order valence-electron chi connectivity index (χ2n) is 5.86. The predicted molar refractivity (Wildman–Crippen MR) is 91.9 cm³/mol. The van der Waals surface area contributed by atoms with Gasteiger partial charge in [0, 0.05) is 5.39 Å². The number of aromatic nitrogens is 1. The number of para-hydroxylation sites is 1. The number of carbonyl (C=O) groups is 2. The number of nitrogens with zero attached hydrogens (tertiary/aromatic N) is 1. The van der Waals surface area contributed by atoms with Crippen molar-refractivity contribution in [2.45, 2.75) is 6.61 Å². The van der Waals surface area contributed by atoms with Crippen molar-refractivity contribution in [2.24, 2.45) is 5.92 Å². The maximum Gasteiger partial charge on any atom is 0.180 e. The maximum atomic E-state index is 12.2. The first-order chi connectivity index (χ1) is 12.2. The van der Waals surface area contributed by atoms with Gasteiger partial charge in [-0.3, -0.25) is 4.79 Å². The molecule has 0 saturated carbocycles. The third kappa shape index (κ3) is 2.96. The fraction of sp³-hybridized carbons (Fsp3) is 0.150. The first-order valence-corrected chi connectivity index (χ1v) is 7.98. The fourth-order valence-electron chi connectivity index (χ4n) is 2.82. The van der Waals surface area contributed by atoms with Gasteiger partial charge < -0.3 is 14.3 Å². The summed E-state index contributed by atoms with van der Waals surface area (Å²) in [5.41, 5.74) is 2.09. The van der Waals surface area contributed by atoms with Crippen molar-refractivity contribution < 1.29 is 19.1 Å². The number of hydrogen-bond acceptors (Lipinski definition) is 5. The Balaban J connectivity index is 1.54. The van der Waals surface area contributed by atoms with Crippen LogP contribution >= 0.6 is 0 Å².